The van der Waals surface area contributed by atoms with E-state index in [0.717, 1.165) is 0 Å². The number of carbonyl (C=O) groups excluding carboxylic acids is 1. The first-order valence-corrected chi connectivity index (χ1v) is 4.21. The number of fused-ring (bicyclic) bond motifs is 1. The zero-order chi connectivity index (χ0) is 10.1. The summed E-state index contributed by atoms with van der Waals surface area (Å²) in [7, 11) is 0. The van der Waals surface area contributed by atoms with Crippen molar-refractivity contribution in [2.24, 2.45) is 0 Å². The minimum Gasteiger partial charge on any atom is -0.359 e. The smallest absolute Gasteiger partial charge is 0.221 e. The lowest BCUT2D eigenvalue weighted by molar-refractivity contribution is -0.114. The predicted octanol–water partition coefficient (Wildman–Crippen LogP) is 2.27. The van der Waals surface area contributed by atoms with Crippen LogP contribution in [0.25, 0.3) is 10.9 Å². The number of anilines is 1. The fraction of sp³-hybridized carbons (Fsp3) is 0.100. The minimum absolute atomic E-state index is 0.214. The number of halogens is 1. The Morgan fingerprint density at radius 3 is 3.00 bits per heavy atom. The van der Waals surface area contributed by atoms with Crippen LogP contribution in [0.15, 0.2) is 24.4 Å². The number of hydrogen-bond donors (Lipinski definition) is 2. The van der Waals surface area contributed by atoms with Gasteiger partial charge in [0.2, 0.25) is 5.91 Å². The van der Waals surface area contributed by atoms with Crippen molar-refractivity contribution >= 4 is 22.5 Å². The van der Waals surface area contributed by atoms with E-state index in [1.807, 2.05) is 0 Å². The van der Waals surface area contributed by atoms with Gasteiger partial charge >= 0.3 is 0 Å². The molecule has 1 amide bonds. The first-order chi connectivity index (χ1) is 6.68. The van der Waals surface area contributed by atoms with Crippen LogP contribution in [0.3, 0.4) is 0 Å². The minimum atomic E-state index is -0.340. The standard InChI is InChI=1S/C10H9FN2O/c1-6(14)13-9-5-12-8-4-2-3-7(11)10(8)9/h2-5,12H,1H3,(H,13,14). The fourth-order valence-corrected chi connectivity index (χ4v) is 1.43. The summed E-state index contributed by atoms with van der Waals surface area (Å²) in [6.07, 6.45) is 1.58. The van der Waals surface area contributed by atoms with Gasteiger partial charge < -0.3 is 10.3 Å². The van der Waals surface area contributed by atoms with Crippen molar-refractivity contribution in [3.8, 4) is 0 Å². The van der Waals surface area contributed by atoms with E-state index in [9.17, 15) is 9.18 Å². The van der Waals surface area contributed by atoms with Gasteiger partial charge in [-0.2, -0.15) is 0 Å². The lowest BCUT2D eigenvalue weighted by atomic mass is 10.2. The summed E-state index contributed by atoms with van der Waals surface area (Å²) in [5.41, 5.74) is 1.15. The molecule has 0 radical (unpaired) electrons. The van der Waals surface area contributed by atoms with Gasteiger partial charge in [-0.25, -0.2) is 4.39 Å². The predicted molar refractivity (Wildman–Crippen MR) is 52.6 cm³/mol. The highest BCUT2D eigenvalue weighted by molar-refractivity contribution is 6.01. The molecule has 72 valence electrons. The average molecular weight is 192 g/mol. The van der Waals surface area contributed by atoms with Crippen molar-refractivity contribution < 1.29 is 9.18 Å². The molecule has 0 atom stereocenters. The average Bonchev–Trinajstić information content (AvgIpc) is 2.49. The molecule has 2 aromatic rings. The molecule has 1 heterocycles. The summed E-state index contributed by atoms with van der Waals surface area (Å²) in [5, 5.41) is 2.98. The van der Waals surface area contributed by atoms with Crippen LogP contribution in [0.1, 0.15) is 6.92 Å². The van der Waals surface area contributed by atoms with E-state index in [-0.39, 0.29) is 11.7 Å². The monoisotopic (exact) mass is 192 g/mol. The molecule has 0 saturated carbocycles. The Bertz CT molecular complexity index is 490. The van der Waals surface area contributed by atoms with Crippen molar-refractivity contribution in [3.63, 3.8) is 0 Å². The molecule has 0 unspecified atom stereocenters. The van der Waals surface area contributed by atoms with Crippen molar-refractivity contribution in [1.29, 1.82) is 0 Å². The molecule has 2 rings (SSSR count). The molecular weight excluding hydrogens is 183 g/mol. The molecule has 3 nitrogen and oxygen atoms in total. The topological polar surface area (TPSA) is 44.9 Å². The Balaban J connectivity index is 2.61. The Hall–Kier alpha value is -1.84. The van der Waals surface area contributed by atoms with Crippen molar-refractivity contribution in [2.75, 3.05) is 5.32 Å². The third kappa shape index (κ3) is 1.35. The van der Waals surface area contributed by atoms with Crippen LogP contribution in [0, 0.1) is 5.82 Å². The molecule has 0 bridgehead atoms. The van der Waals surface area contributed by atoms with Gasteiger partial charge in [-0.15, -0.1) is 0 Å². The molecule has 14 heavy (non-hydrogen) atoms. The van der Waals surface area contributed by atoms with Crippen LogP contribution < -0.4 is 5.32 Å². The summed E-state index contributed by atoms with van der Waals surface area (Å²) in [6, 6.07) is 4.73. The number of carbonyl (C=O) groups is 1. The lowest BCUT2D eigenvalue weighted by Crippen LogP contribution is -2.05. The number of aromatic nitrogens is 1. The highest BCUT2D eigenvalue weighted by atomic mass is 19.1. The second-order valence-electron chi connectivity index (χ2n) is 3.05. The molecule has 0 aliphatic carbocycles. The zero-order valence-corrected chi connectivity index (χ0v) is 7.60. The molecule has 0 saturated heterocycles. The number of rotatable bonds is 1. The summed E-state index contributed by atoms with van der Waals surface area (Å²) in [5.74, 6) is -0.554. The van der Waals surface area contributed by atoms with E-state index in [2.05, 4.69) is 10.3 Å². The number of hydrogen-bond acceptors (Lipinski definition) is 1. The van der Waals surface area contributed by atoms with Crippen LogP contribution in [0.5, 0.6) is 0 Å². The van der Waals surface area contributed by atoms with Crippen LogP contribution in [-0.4, -0.2) is 10.9 Å². The van der Waals surface area contributed by atoms with E-state index in [4.69, 9.17) is 0 Å². The molecule has 1 aromatic heterocycles. The van der Waals surface area contributed by atoms with Crippen LogP contribution in [0.2, 0.25) is 0 Å². The Morgan fingerprint density at radius 2 is 2.29 bits per heavy atom. The molecule has 0 spiro atoms. The molecule has 1 aromatic carbocycles. The second-order valence-corrected chi connectivity index (χ2v) is 3.05. The van der Waals surface area contributed by atoms with Gasteiger partial charge in [-0.3, -0.25) is 4.79 Å². The number of benzene rings is 1. The summed E-state index contributed by atoms with van der Waals surface area (Å²) >= 11 is 0. The van der Waals surface area contributed by atoms with Crippen LogP contribution in [0.4, 0.5) is 10.1 Å². The summed E-state index contributed by atoms with van der Waals surface area (Å²) < 4.78 is 13.4. The zero-order valence-electron chi connectivity index (χ0n) is 7.60. The normalized spacial score (nSPS) is 10.4. The van der Waals surface area contributed by atoms with Crippen molar-refractivity contribution in [3.05, 3.63) is 30.2 Å². The maximum Gasteiger partial charge on any atom is 0.221 e. The van der Waals surface area contributed by atoms with Crippen LogP contribution >= 0.6 is 0 Å². The van der Waals surface area contributed by atoms with E-state index in [1.165, 1.54) is 13.0 Å². The quantitative estimate of drug-likeness (QED) is 0.715. The molecule has 4 heteroatoms. The van der Waals surface area contributed by atoms with E-state index >= 15 is 0 Å². The number of H-pyrrole nitrogens is 1. The third-order valence-electron chi connectivity index (χ3n) is 1.97. The molecule has 0 aliphatic heterocycles. The number of nitrogens with one attached hydrogen (secondary N) is 2. The van der Waals surface area contributed by atoms with Gasteiger partial charge in [0, 0.05) is 13.1 Å². The van der Waals surface area contributed by atoms with Gasteiger partial charge in [0.15, 0.2) is 0 Å². The van der Waals surface area contributed by atoms with E-state index < -0.39 is 0 Å². The first kappa shape index (κ1) is 8.74. The molecule has 0 fully saturated rings. The Kier molecular flexibility index (Phi) is 1.96. The largest absolute Gasteiger partial charge is 0.359 e. The maximum absolute atomic E-state index is 13.4. The van der Waals surface area contributed by atoms with E-state index in [1.54, 1.807) is 18.3 Å². The molecule has 0 aliphatic rings. The van der Waals surface area contributed by atoms with Gasteiger partial charge in [-0.1, -0.05) is 6.07 Å². The fourth-order valence-electron chi connectivity index (χ4n) is 1.43. The van der Waals surface area contributed by atoms with Crippen LogP contribution in [-0.2, 0) is 4.79 Å². The Labute approximate surface area is 79.9 Å². The Morgan fingerprint density at radius 1 is 1.50 bits per heavy atom. The molecular formula is C10H9FN2O. The number of amides is 1. The van der Waals surface area contributed by atoms with Gasteiger partial charge in [-0.05, 0) is 12.1 Å². The van der Waals surface area contributed by atoms with Gasteiger partial charge in [0.05, 0.1) is 16.6 Å². The maximum atomic E-state index is 13.4. The van der Waals surface area contributed by atoms with Crippen molar-refractivity contribution in [2.45, 2.75) is 6.92 Å². The molecule has 2 N–H and O–H groups in total. The third-order valence-corrected chi connectivity index (χ3v) is 1.97. The highest BCUT2D eigenvalue weighted by Crippen LogP contribution is 2.25. The summed E-state index contributed by atoms with van der Waals surface area (Å²) in [6.45, 7) is 1.39. The number of aromatic amines is 1. The van der Waals surface area contributed by atoms with E-state index in [0.29, 0.717) is 16.6 Å². The lowest BCUT2D eigenvalue weighted by Gasteiger charge is -1.99. The van der Waals surface area contributed by atoms with Gasteiger partial charge in [0.25, 0.3) is 0 Å². The second kappa shape index (κ2) is 3.14. The van der Waals surface area contributed by atoms with Gasteiger partial charge in [0.1, 0.15) is 5.82 Å². The first-order valence-electron chi connectivity index (χ1n) is 4.21. The summed E-state index contributed by atoms with van der Waals surface area (Å²) in [4.78, 5) is 13.7. The SMILES string of the molecule is CC(=O)Nc1c[nH]c2cccc(F)c12. The highest BCUT2D eigenvalue weighted by Gasteiger charge is 2.08. The van der Waals surface area contributed by atoms with Crippen molar-refractivity contribution in [1.82, 2.24) is 4.98 Å².